The van der Waals surface area contributed by atoms with Crippen LogP contribution in [-0.2, 0) is 5.75 Å². The minimum absolute atomic E-state index is 0.147. The molecule has 0 aliphatic rings. The second kappa shape index (κ2) is 6.95. The van der Waals surface area contributed by atoms with E-state index in [4.69, 9.17) is 5.11 Å². The molecular formula is C12H16OS2. The van der Waals surface area contributed by atoms with E-state index in [0.717, 1.165) is 10.6 Å². The first-order chi connectivity index (χ1) is 7.22. The van der Waals surface area contributed by atoms with Crippen LogP contribution in [0.25, 0.3) is 0 Å². The van der Waals surface area contributed by atoms with Crippen LogP contribution in [0.2, 0.25) is 0 Å². The molecule has 0 bridgehead atoms. The van der Waals surface area contributed by atoms with Crippen molar-refractivity contribution in [3.63, 3.8) is 0 Å². The first kappa shape index (κ1) is 12.6. The van der Waals surface area contributed by atoms with Gasteiger partial charge in [0, 0.05) is 17.1 Å². The predicted molar refractivity (Wildman–Crippen MR) is 69.3 cm³/mol. The molecule has 1 nitrogen and oxygen atoms in total. The lowest BCUT2D eigenvalue weighted by atomic mass is 10.4. The molecule has 0 aliphatic carbocycles. The first-order valence-corrected chi connectivity index (χ1v) is 6.89. The summed E-state index contributed by atoms with van der Waals surface area (Å²) in [5.41, 5.74) is 0. The quantitative estimate of drug-likeness (QED) is 0.816. The zero-order chi connectivity index (χ0) is 11.1. The second-order valence-corrected chi connectivity index (χ2v) is 6.13. The summed E-state index contributed by atoms with van der Waals surface area (Å²) >= 11 is 3.70. The number of thiophene rings is 1. The van der Waals surface area contributed by atoms with E-state index in [1.54, 1.807) is 11.3 Å². The van der Waals surface area contributed by atoms with Gasteiger partial charge in [-0.15, -0.1) is 11.3 Å². The third-order valence-corrected chi connectivity index (χ3v) is 4.00. The van der Waals surface area contributed by atoms with Gasteiger partial charge in [0.2, 0.25) is 0 Å². The van der Waals surface area contributed by atoms with Crippen molar-refractivity contribution in [1.82, 2.24) is 0 Å². The molecule has 0 saturated carbocycles. The van der Waals surface area contributed by atoms with E-state index < -0.39 is 0 Å². The SMILES string of the molecule is CC(C)SCc1ccc(C#CCCO)s1. The van der Waals surface area contributed by atoms with Crippen LogP contribution < -0.4 is 0 Å². The number of hydrogen-bond acceptors (Lipinski definition) is 3. The van der Waals surface area contributed by atoms with Crippen LogP contribution in [0, 0.1) is 11.8 Å². The zero-order valence-electron chi connectivity index (χ0n) is 9.12. The predicted octanol–water partition coefficient (Wildman–Crippen LogP) is 3.12. The van der Waals surface area contributed by atoms with Gasteiger partial charge in [-0.05, 0) is 17.4 Å². The molecule has 0 spiro atoms. The summed E-state index contributed by atoms with van der Waals surface area (Å²) < 4.78 is 0. The van der Waals surface area contributed by atoms with Gasteiger partial charge in [0.1, 0.15) is 0 Å². The third kappa shape index (κ3) is 5.27. The largest absolute Gasteiger partial charge is 0.395 e. The molecule has 1 aromatic rings. The van der Waals surface area contributed by atoms with Gasteiger partial charge in [-0.2, -0.15) is 11.8 Å². The molecule has 0 aromatic carbocycles. The molecule has 0 radical (unpaired) electrons. The van der Waals surface area contributed by atoms with E-state index in [1.807, 2.05) is 11.8 Å². The molecular weight excluding hydrogens is 224 g/mol. The van der Waals surface area contributed by atoms with Crippen molar-refractivity contribution in [3.8, 4) is 11.8 Å². The third-order valence-electron chi connectivity index (χ3n) is 1.67. The lowest BCUT2D eigenvalue weighted by Crippen LogP contribution is -1.85. The van der Waals surface area contributed by atoms with Gasteiger partial charge < -0.3 is 5.11 Å². The molecule has 0 fully saturated rings. The van der Waals surface area contributed by atoms with E-state index in [1.165, 1.54) is 4.88 Å². The van der Waals surface area contributed by atoms with E-state index in [-0.39, 0.29) is 6.61 Å². The zero-order valence-corrected chi connectivity index (χ0v) is 10.8. The Bertz CT molecular complexity index is 344. The Balaban J connectivity index is 2.46. The van der Waals surface area contributed by atoms with E-state index in [2.05, 4.69) is 37.8 Å². The van der Waals surface area contributed by atoms with Gasteiger partial charge in [-0.1, -0.05) is 25.7 Å². The number of thioether (sulfide) groups is 1. The summed E-state index contributed by atoms with van der Waals surface area (Å²) in [6.45, 7) is 4.56. The molecule has 0 unspecified atom stereocenters. The van der Waals surface area contributed by atoms with Crippen molar-refractivity contribution in [1.29, 1.82) is 0 Å². The van der Waals surface area contributed by atoms with Crippen molar-refractivity contribution in [2.75, 3.05) is 6.61 Å². The van der Waals surface area contributed by atoms with Crippen LogP contribution in [0.15, 0.2) is 12.1 Å². The van der Waals surface area contributed by atoms with Crippen molar-refractivity contribution in [3.05, 3.63) is 21.9 Å². The van der Waals surface area contributed by atoms with Crippen LogP contribution in [0.1, 0.15) is 30.0 Å². The van der Waals surface area contributed by atoms with Crippen molar-refractivity contribution < 1.29 is 5.11 Å². The number of aliphatic hydroxyl groups is 1. The van der Waals surface area contributed by atoms with Gasteiger partial charge in [0.15, 0.2) is 0 Å². The maximum atomic E-state index is 8.59. The minimum atomic E-state index is 0.147. The molecule has 1 N–H and O–H groups in total. The van der Waals surface area contributed by atoms with Gasteiger partial charge in [0.05, 0.1) is 11.5 Å². The molecule has 0 amide bonds. The van der Waals surface area contributed by atoms with E-state index in [9.17, 15) is 0 Å². The molecule has 1 rings (SSSR count). The highest BCUT2D eigenvalue weighted by atomic mass is 32.2. The fourth-order valence-corrected chi connectivity index (χ4v) is 2.69. The standard InChI is InChI=1S/C12H16OS2/c1-10(2)14-9-12-7-6-11(15-12)5-3-4-8-13/h6-7,10,13H,4,8-9H2,1-2H3. The lowest BCUT2D eigenvalue weighted by molar-refractivity contribution is 0.305. The Hall–Kier alpha value is -0.430. The van der Waals surface area contributed by atoms with E-state index in [0.29, 0.717) is 11.7 Å². The van der Waals surface area contributed by atoms with Gasteiger partial charge in [0.25, 0.3) is 0 Å². The fourth-order valence-electron chi connectivity index (χ4n) is 0.977. The normalized spacial score (nSPS) is 10.1. The average Bonchev–Trinajstić information content (AvgIpc) is 2.63. The van der Waals surface area contributed by atoms with Crippen LogP contribution in [0.3, 0.4) is 0 Å². The van der Waals surface area contributed by atoms with E-state index >= 15 is 0 Å². The smallest absolute Gasteiger partial charge is 0.0771 e. The molecule has 0 saturated heterocycles. The highest BCUT2D eigenvalue weighted by Gasteiger charge is 2.00. The van der Waals surface area contributed by atoms with Crippen molar-refractivity contribution >= 4 is 23.1 Å². The summed E-state index contributed by atoms with van der Waals surface area (Å²) in [6, 6.07) is 4.20. The number of rotatable bonds is 4. The Morgan fingerprint density at radius 1 is 1.47 bits per heavy atom. The number of aliphatic hydroxyl groups excluding tert-OH is 1. The Labute approximate surface area is 99.9 Å². The fraction of sp³-hybridized carbons (Fsp3) is 0.500. The van der Waals surface area contributed by atoms with Gasteiger partial charge in [-0.25, -0.2) is 0 Å². The molecule has 0 atom stereocenters. The molecule has 1 heterocycles. The molecule has 0 aliphatic heterocycles. The van der Waals surface area contributed by atoms with Crippen LogP contribution in [0.5, 0.6) is 0 Å². The maximum Gasteiger partial charge on any atom is 0.0771 e. The molecule has 3 heteroatoms. The van der Waals surface area contributed by atoms with Crippen LogP contribution in [-0.4, -0.2) is 17.0 Å². The highest BCUT2D eigenvalue weighted by molar-refractivity contribution is 7.99. The minimum Gasteiger partial charge on any atom is -0.395 e. The molecule has 15 heavy (non-hydrogen) atoms. The Morgan fingerprint density at radius 2 is 2.27 bits per heavy atom. The average molecular weight is 240 g/mol. The molecule has 1 aromatic heterocycles. The maximum absolute atomic E-state index is 8.59. The second-order valence-electron chi connectivity index (χ2n) is 3.40. The summed E-state index contributed by atoms with van der Waals surface area (Å²) in [6.07, 6.45) is 0.563. The summed E-state index contributed by atoms with van der Waals surface area (Å²) in [5, 5.41) is 9.27. The Kier molecular flexibility index (Phi) is 5.85. The summed E-state index contributed by atoms with van der Waals surface area (Å²) in [7, 11) is 0. The van der Waals surface area contributed by atoms with Crippen LogP contribution >= 0.6 is 23.1 Å². The Morgan fingerprint density at radius 3 is 2.93 bits per heavy atom. The van der Waals surface area contributed by atoms with Crippen molar-refractivity contribution in [2.24, 2.45) is 0 Å². The van der Waals surface area contributed by atoms with Gasteiger partial charge >= 0.3 is 0 Å². The monoisotopic (exact) mass is 240 g/mol. The lowest BCUT2D eigenvalue weighted by Gasteiger charge is -2.00. The highest BCUT2D eigenvalue weighted by Crippen LogP contribution is 2.23. The van der Waals surface area contributed by atoms with Crippen molar-refractivity contribution in [2.45, 2.75) is 31.3 Å². The van der Waals surface area contributed by atoms with Crippen LogP contribution in [0.4, 0.5) is 0 Å². The topological polar surface area (TPSA) is 20.2 Å². The molecule has 82 valence electrons. The first-order valence-electron chi connectivity index (χ1n) is 5.02. The summed E-state index contributed by atoms with van der Waals surface area (Å²) in [5.74, 6) is 7.06. The van der Waals surface area contributed by atoms with Gasteiger partial charge in [-0.3, -0.25) is 0 Å². The summed E-state index contributed by atoms with van der Waals surface area (Å²) in [4.78, 5) is 2.48. The number of hydrogen-bond donors (Lipinski definition) is 1.